The average molecular weight is 261 g/mol. The molecule has 17 heavy (non-hydrogen) atoms. The first-order valence-corrected chi connectivity index (χ1v) is 7.80. The minimum absolute atomic E-state index is 0.0530. The van der Waals surface area contributed by atoms with Gasteiger partial charge in [-0.05, 0) is 34.1 Å². The van der Waals surface area contributed by atoms with Crippen molar-refractivity contribution in [1.29, 1.82) is 5.26 Å². The van der Waals surface area contributed by atoms with E-state index in [1.165, 1.54) is 0 Å². The molecule has 0 aromatic carbocycles. The summed E-state index contributed by atoms with van der Waals surface area (Å²) in [5.41, 5.74) is 0. The van der Waals surface area contributed by atoms with Crippen LogP contribution < -0.4 is 0 Å². The quantitative estimate of drug-likeness (QED) is 0.362. The Labute approximate surface area is 105 Å². The first-order valence-electron chi connectivity index (χ1n) is 5.87. The summed E-state index contributed by atoms with van der Waals surface area (Å²) in [6.45, 7) is 8.19. The van der Waals surface area contributed by atoms with E-state index in [2.05, 4.69) is 4.74 Å². The molecule has 0 radical (unpaired) electrons. The van der Waals surface area contributed by atoms with Crippen molar-refractivity contribution in [3.05, 3.63) is 0 Å². The Balaban J connectivity index is 4.39. The molecule has 0 aliphatic heterocycles. The van der Waals surface area contributed by atoms with Crippen LogP contribution in [0.4, 0.5) is 0 Å². The molecule has 0 spiro atoms. The third-order valence-corrected chi connectivity index (χ3v) is 5.18. The fraction of sp³-hybridized carbons (Fsp3) is 0.909. The highest BCUT2D eigenvalue weighted by atomic mass is 28.4. The maximum atomic E-state index is 8.29. The van der Waals surface area contributed by atoms with E-state index in [9.17, 15) is 0 Å². The molecule has 0 aromatic rings. The third-order valence-electron chi connectivity index (χ3n) is 1.94. The maximum Gasteiger partial charge on any atom is 0.501 e. The number of nitrogens with zero attached hydrogens (tertiary/aromatic N) is 1. The van der Waals surface area contributed by atoms with Crippen LogP contribution >= 0.6 is 0 Å². The molecule has 100 valence electrons. The molecular weight excluding hydrogens is 238 g/mol. The second kappa shape index (κ2) is 8.47. The lowest BCUT2D eigenvalue weighted by atomic mass is 10.5. The van der Waals surface area contributed by atoms with Crippen molar-refractivity contribution in [2.45, 2.75) is 52.4 Å². The monoisotopic (exact) mass is 261 g/mol. The molecule has 0 aromatic heterocycles. The van der Waals surface area contributed by atoms with Crippen molar-refractivity contribution >= 4 is 8.80 Å². The van der Waals surface area contributed by atoms with E-state index in [4.69, 9.17) is 18.5 Å². The summed E-state index contributed by atoms with van der Waals surface area (Å²) in [6, 6.07) is 0.654. The Bertz CT molecular complexity index is 230. The van der Waals surface area contributed by atoms with Crippen LogP contribution in [0.5, 0.6) is 0 Å². The molecule has 0 rings (SSSR count). The highest BCUT2D eigenvalue weighted by molar-refractivity contribution is 6.60. The van der Waals surface area contributed by atoms with Gasteiger partial charge < -0.3 is 18.0 Å². The van der Waals surface area contributed by atoms with Crippen LogP contribution in [0.2, 0.25) is 6.04 Å². The van der Waals surface area contributed by atoms with Crippen molar-refractivity contribution < 1.29 is 18.0 Å². The van der Waals surface area contributed by atoms with E-state index in [-0.39, 0.29) is 12.2 Å². The van der Waals surface area contributed by atoms with Gasteiger partial charge in [-0.25, -0.2) is 0 Å². The highest BCUT2D eigenvalue weighted by Gasteiger charge is 2.41. The summed E-state index contributed by atoms with van der Waals surface area (Å²) in [6.07, 6.45) is 2.44. The van der Waals surface area contributed by atoms with Gasteiger partial charge in [0.15, 0.2) is 0 Å². The van der Waals surface area contributed by atoms with E-state index >= 15 is 0 Å². The summed E-state index contributed by atoms with van der Waals surface area (Å²) in [5, 5.41) is 8.29. The van der Waals surface area contributed by atoms with Gasteiger partial charge in [-0.15, -0.1) is 0 Å². The number of hydrogen-bond acceptors (Lipinski definition) is 5. The van der Waals surface area contributed by atoms with Crippen LogP contribution in [-0.4, -0.2) is 34.7 Å². The van der Waals surface area contributed by atoms with Crippen LogP contribution in [-0.2, 0) is 18.0 Å². The van der Waals surface area contributed by atoms with Gasteiger partial charge in [0.25, 0.3) is 6.26 Å². The Hall–Kier alpha value is -0.613. The molecule has 0 saturated heterocycles. The molecule has 0 aliphatic rings. The molecule has 0 unspecified atom stereocenters. The van der Waals surface area contributed by atoms with Gasteiger partial charge in [0.2, 0.25) is 0 Å². The molecule has 0 heterocycles. The third kappa shape index (κ3) is 7.34. The second-order valence-electron chi connectivity index (χ2n) is 4.26. The molecular formula is C11H23NO4Si. The zero-order valence-corrected chi connectivity index (χ0v) is 12.4. The van der Waals surface area contributed by atoms with Gasteiger partial charge in [-0.1, -0.05) is 0 Å². The number of nitriles is 1. The minimum atomic E-state index is -2.64. The van der Waals surface area contributed by atoms with Crippen molar-refractivity contribution in [3.63, 3.8) is 0 Å². The lowest BCUT2D eigenvalue weighted by Crippen LogP contribution is -2.48. The fourth-order valence-electron chi connectivity index (χ4n) is 1.47. The van der Waals surface area contributed by atoms with E-state index in [0.717, 1.165) is 0 Å². The standard InChI is InChI=1S/C11H23NO4Si/c1-10(2)15-17(13-5,16-11(3)4)8-6-7-14-9-12/h10-11H,6-8H2,1-5H3. The zero-order chi connectivity index (χ0) is 13.3. The van der Waals surface area contributed by atoms with Crippen LogP contribution in [0.25, 0.3) is 0 Å². The van der Waals surface area contributed by atoms with Gasteiger partial charge >= 0.3 is 8.80 Å². The fourth-order valence-corrected chi connectivity index (χ4v) is 4.17. The van der Waals surface area contributed by atoms with Gasteiger partial charge in [-0.2, -0.15) is 5.26 Å². The van der Waals surface area contributed by atoms with Crippen molar-refractivity contribution in [1.82, 2.24) is 0 Å². The molecule has 0 atom stereocenters. The van der Waals surface area contributed by atoms with Crippen molar-refractivity contribution in [2.24, 2.45) is 0 Å². The Morgan fingerprint density at radius 1 is 1.12 bits per heavy atom. The van der Waals surface area contributed by atoms with Crippen LogP contribution in [0, 0.1) is 11.5 Å². The van der Waals surface area contributed by atoms with E-state index in [0.29, 0.717) is 19.1 Å². The molecule has 0 N–H and O–H groups in total. The topological polar surface area (TPSA) is 60.7 Å². The molecule has 5 nitrogen and oxygen atoms in total. The highest BCUT2D eigenvalue weighted by Crippen LogP contribution is 2.21. The summed E-state index contributed by atoms with van der Waals surface area (Å²) >= 11 is 0. The Kier molecular flexibility index (Phi) is 8.17. The molecule has 6 heteroatoms. The summed E-state index contributed by atoms with van der Waals surface area (Å²) in [4.78, 5) is 0. The normalized spacial score (nSPS) is 11.9. The lowest BCUT2D eigenvalue weighted by molar-refractivity contribution is 0.0314. The van der Waals surface area contributed by atoms with Crippen LogP contribution in [0.3, 0.4) is 0 Å². The van der Waals surface area contributed by atoms with Crippen LogP contribution in [0.15, 0.2) is 0 Å². The summed E-state index contributed by atoms with van der Waals surface area (Å²) in [5.74, 6) is 0. The van der Waals surface area contributed by atoms with Crippen molar-refractivity contribution in [3.8, 4) is 6.26 Å². The zero-order valence-electron chi connectivity index (χ0n) is 11.4. The minimum Gasteiger partial charge on any atom is -0.428 e. The molecule has 0 bridgehead atoms. The van der Waals surface area contributed by atoms with E-state index in [1.54, 1.807) is 13.4 Å². The van der Waals surface area contributed by atoms with E-state index < -0.39 is 8.80 Å². The predicted octanol–water partition coefficient (Wildman–Crippen LogP) is 2.31. The van der Waals surface area contributed by atoms with E-state index in [1.807, 2.05) is 27.7 Å². The largest absolute Gasteiger partial charge is 0.501 e. The molecule has 0 saturated carbocycles. The molecule has 0 aliphatic carbocycles. The number of ether oxygens (including phenoxy) is 1. The number of hydrogen-bond donors (Lipinski definition) is 0. The molecule has 0 amide bonds. The second-order valence-corrected chi connectivity index (χ2v) is 7.01. The Morgan fingerprint density at radius 2 is 1.65 bits per heavy atom. The lowest BCUT2D eigenvalue weighted by Gasteiger charge is -2.31. The van der Waals surface area contributed by atoms with Crippen LogP contribution in [0.1, 0.15) is 34.1 Å². The van der Waals surface area contributed by atoms with Gasteiger partial charge in [0.1, 0.15) is 6.61 Å². The first kappa shape index (κ1) is 16.4. The Morgan fingerprint density at radius 3 is 2.00 bits per heavy atom. The van der Waals surface area contributed by atoms with Gasteiger partial charge in [0.05, 0.1) is 0 Å². The first-order chi connectivity index (χ1) is 7.95. The smallest absolute Gasteiger partial charge is 0.428 e. The summed E-state index contributed by atoms with van der Waals surface area (Å²) < 4.78 is 21.8. The maximum absolute atomic E-state index is 8.29. The number of rotatable bonds is 9. The summed E-state index contributed by atoms with van der Waals surface area (Å²) in [7, 11) is -1.02. The van der Waals surface area contributed by atoms with Crippen molar-refractivity contribution in [2.75, 3.05) is 13.7 Å². The predicted molar refractivity (Wildman–Crippen MR) is 66.2 cm³/mol. The van der Waals surface area contributed by atoms with Gasteiger partial charge in [0, 0.05) is 25.4 Å². The van der Waals surface area contributed by atoms with Gasteiger partial charge in [-0.3, -0.25) is 0 Å². The average Bonchev–Trinajstić information content (AvgIpc) is 2.22. The molecule has 0 fully saturated rings. The SMILES string of the molecule is CO[Si](CCCOC#N)(OC(C)C)OC(C)C.